The summed E-state index contributed by atoms with van der Waals surface area (Å²) in [7, 11) is 1.44. The van der Waals surface area contributed by atoms with Crippen LogP contribution in [0, 0.1) is 0 Å². The summed E-state index contributed by atoms with van der Waals surface area (Å²) in [5, 5.41) is 0. The minimum atomic E-state index is 0. The smallest absolute Gasteiger partial charge is 0.0612 e. The van der Waals surface area contributed by atoms with E-state index in [0.29, 0.717) is 0 Å². The van der Waals surface area contributed by atoms with Crippen LogP contribution in [0.25, 0.3) is 0 Å². The van der Waals surface area contributed by atoms with Gasteiger partial charge in [0, 0.05) is 0 Å². The third-order valence-corrected chi connectivity index (χ3v) is 0. The molecule has 0 aromatic rings. The molecule has 0 heterocycles. The lowest BCUT2D eigenvalue weighted by Crippen LogP contribution is -0.741. The molecule has 0 amide bonds. The van der Waals surface area contributed by atoms with E-state index in [-0.39, 0.29) is 24.8 Å². The van der Waals surface area contributed by atoms with Gasteiger partial charge in [-0.3, -0.25) is 0 Å². The van der Waals surface area contributed by atoms with Gasteiger partial charge in [-0.2, -0.15) is 0 Å². The molecule has 0 aliphatic heterocycles. The molecule has 0 atom stereocenters. The SMILES string of the molecule is Cl.Cl.[SiH2]=S. The van der Waals surface area contributed by atoms with E-state index >= 15 is 0 Å². The summed E-state index contributed by atoms with van der Waals surface area (Å²) in [5.41, 5.74) is 0. The van der Waals surface area contributed by atoms with Crippen LogP contribution in [0.3, 0.4) is 0 Å². The molecule has 0 unspecified atom stereocenters. The lowest BCUT2D eigenvalue weighted by molar-refractivity contribution is 5.51. The predicted octanol–water partition coefficient (Wildman–Crippen LogP) is 0.576. The molecule has 0 aromatic heterocycles. The van der Waals surface area contributed by atoms with Crippen LogP contribution in [0.5, 0.6) is 0 Å². The molecular weight excluding hydrogens is 131 g/mol. The molecule has 0 aromatic carbocycles. The van der Waals surface area contributed by atoms with Crippen molar-refractivity contribution in [1.82, 2.24) is 0 Å². The van der Waals surface area contributed by atoms with Crippen molar-refractivity contribution in [3.8, 4) is 0 Å². The molecule has 0 aliphatic carbocycles. The van der Waals surface area contributed by atoms with Gasteiger partial charge in [-0.1, -0.05) is 0 Å². The van der Waals surface area contributed by atoms with Gasteiger partial charge in [-0.15, -0.1) is 36.4 Å². The summed E-state index contributed by atoms with van der Waals surface area (Å²) in [6.45, 7) is 0. The van der Waals surface area contributed by atoms with E-state index in [4.69, 9.17) is 0 Å². The zero-order chi connectivity index (χ0) is 2.00. The molecule has 0 saturated heterocycles. The van der Waals surface area contributed by atoms with E-state index in [1.54, 1.807) is 0 Å². The quantitative estimate of drug-likeness (QED) is 0.438. The van der Waals surface area contributed by atoms with E-state index in [9.17, 15) is 0 Å². The number of halogens is 2. The van der Waals surface area contributed by atoms with E-state index in [1.807, 2.05) is 0 Å². The third kappa shape index (κ3) is 11.9. The van der Waals surface area contributed by atoms with Crippen molar-refractivity contribution < 1.29 is 0 Å². The van der Waals surface area contributed by atoms with Gasteiger partial charge in [0.15, 0.2) is 0 Å². The normalized spacial score (nSPS) is 1.00. The Morgan fingerprint density at radius 3 is 1.00 bits per heavy atom. The summed E-state index contributed by atoms with van der Waals surface area (Å²) < 4.78 is 0. The van der Waals surface area contributed by atoms with E-state index in [1.165, 1.54) is 8.95 Å². The molecule has 0 rings (SSSR count). The Morgan fingerprint density at radius 1 is 1.00 bits per heavy atom. The second kappa shape index (κ2) is 35.4. The Kier molecular flexibility index (Phi) is 176. The molecule has 0 spiro atoms. The van der Waals surface area contributed by atoms with Gasteiger partial charge >= 0.3 is 0 Å². The van der Waals surface area contributed by atoms with Gasteiger partial charge in [0.2, 0.25) is 0 Å². The van der Waals surface area contributed by atoms with Gasteiger partial charge in [-0.25, -0.2) is 0 Å². The molecule has 4 heavy (non-hydrogen) atoms. The summed E-state index contributed by atoms with van der Waals surface area (Å²) >= 11 is 4.11. The van der Waals surface area contributed by atoms with Crippen molar-refractivity contribution >= 4 is 45.4 Å². The van der Waals surface area contributed by atoms with Crippen molar-refractivity contribution in [1.29, 1.82) is 0 Å². The van der Waals surface area contributed by atoms with Crippen LogP contribution < -0.4 is 0 Å². The molecule has 0 fully saturated rings. The molecule has 0 aliphatic rings. The van der Waals surface area contributed by atoms with Crippen LogP contribution in [0.1, 0.15) is 0 Å². The maximum atomic E-state index is 4.11. The highest BCUT2D eigenvalue weighted by Gasteiger charge is 0.672. The van der Waals surface area contributed by atoms with Gasteiger partial charge in [0.25, 0.3) is 0 Å². The van der Waals surface area contributed by atoms with Gasteiger partial charge in [0.1, 0.15) is 0 Å². The summed E-state index contributed by atoms with van der Waals surface area (Å²) in [4.78, 5) is 0. The van der Waals surface area contributed by atoms with Crippen molar-refractivity contribution in [2.75, 3.05) is 0 Å². The molecule has 0 radical (unpaired) electrons. The Balaban J connectivity index is -0.00000000500. The zero-order valence-corrected chi connectivity index (χ0v) is 5.80. The maximum absolute atomic E-state index is 4.11. The fourth-order valence-electron chi connectivity index (χ4n) is 0. The van der Waals surface area contributed by atoms with E-state index in [0.717, 1.165) is 0 Å². The molecule has 0 bridgehead atoms. The number of hydrogen-bond acceptors (Lipinski definition) is 1. The predicted molar refractivity (Wildman–Crippen MR) is 30.6 cm³/mol. The highest BCUT2D eigenvalue weighted by Crippen LogP contribution is 1.01. The van der Waals surface area contributed by atoms with Crippen LogP contribution >= 0.6 is 36.4 Å². The first-order chi connectivity index (χ1) is 1.00. The summed E-state index contributed by atoms with van der Waals surface area (Å²) in [5.74, 6) is 0. The van der Waals surface area contributed by atoms with Crippen molar-refractivity contribution in [2.24, 2.45) is 0 Å². The minimum absolute atomic E-state index is 0. The topological polar surface area (TPSA) is 0 Å². The zero-order valence-electron chi connectivity index (χ0n) is 1.93. The Labute approximate surface area is 45.8 Å². The first-order valence-corrected chi connectivity index (χ1v) is 2.60. The van der Waals surface area contributed by atoms with Crippen LogP contribution in [-0.2, 0) is 0 Å². The second-order valence-corrected chi connectivity index (χ2v) is 0. The third-order valence-electron chi connectivity index (χ3n) is 0. The van der Waals surface area contributed by atoms with Gasteiger partial charge in [-0.05, 0) is 0 Å². The Morgan fingerprint density at radius 2 is 1.00 bits per heavy atom. The molecule has 4 heteroatoms. The van der Waals surface area contributed by atoms with Crippen LogP contribution in [0.15, 0.2) is 0 Å². The van der Waals surface area contributed by atoms with Crippen molar-refractivity contribution in [3.05, 3.63) is 0 Å². The molecule has 0 saturated carbocycles. The lowest BCUT2D eigenvalue weighted by Gasteiger charge is -0.758. The Bertz CT molecular complexity index is 6.00. The second-order valence-electron chi connectivity index (χ2n) is 0. The molecule has 0 nitrogen and oxygen atoms in total. The molecular formula is H4Cl2SSi. The van der Waals surface area contributed by atoms with E-state index < -0.39 is 0 Å². The minimum Gasteiger partial charge on any atom is -0.147 e. The average Bonchev–Trinajstić information content (AvgIpc) is 1.00. The molecule has 28 valence electrons. The summed E-state index contributed by atoms with van der Waals surface area (Å²) in [6.07, 6.45) is 0. The fraction of sp³-hybridized carbons (Fsp3) is 0. The van der Waals surface area contributed by atoms with Crippen molar-refractivity contribution in [2.45, 2.75) is 0 Å². The highest BCUT2D eigenvalue weighted by atomic mass is 35.5. The van der Waals surface area contributed by atoms with Crippen LogP contribution in [0.2, 0.25) is 0 Å². The van der Waals surface area contributed by atoms with Crippen LogP contribution in [0.4, 0.5) is 0 Å². The maximum Gasteiger partial charge on any atom is 0.0612 e. The largest absolute Gasteiger partial charge is 0.147 e. The average molecular weight is 135 g/mol. The van der Waals surface area contributed by atoms with Crippen LogP contribution in [-0.4, -0.2) is 8.95 Å². The lowest BCUT2D eigenvalue weighted by atomic mass is 28.0. The highest BCUT2D eigenvalue weighted by molar-refractivity contribution is 7.83. The summed E-state index contributed by atoms with van der Waals surface area (Å²) in [6, 6.07) is 0. The number of hydrogen-bond donors (Lipinski definition) is 0. The monoisotopic (exact) mass is 134 g/mol. The van der Waals surface area contributed by atoms with Gasteiger partial charge < -0.3 is 0 Å². The molecule has 0 N–H and O–H groups in total. The fourth-order valence-corrected chi connectivity index (χ4v) is 0. The Hall–Kier alpha value is 1.02. The number of rotatable bonds is 0. The first kappa shape index (κ1) is 19.9. The van der Waals surface area contributed by atoms with Crippen molar-refractivity contribution in [3.63, 3.8) is 0 Å². The van der Waals surface area contributed by atoms with Gasteiger partial charge in [0.05, 0.1) is 8.95 Å². The first-order valence-electron chi connectivity index (χ1n) is 0.289. The standard InChI is InChI=1S/2ClH.H2SSi/c;;1-2/h2*1H;2H2. The van der Waals surface area contributed by atoms with E-state index in [2.05, 4.69) is 11.6 Å².